The van der Waals surface area contributed by atoms with Crippen LogP contribution in [0.25, 0.3) is 0 Å². The number of fused-ring (bicyclic) bond motifs is 5. The predicted octanol–water partition coefficient (Wildman–Crippen LogP) is 1.03. The van der Waals surface area contributed by atoms with Gasteiger partial charge in [-0.3, -0.25) is 0 Å². The van der Waals surface area contributed by atoms with Crippen LogP contribution in [0.15, 0.2) is 24.3 Å². The van der Waals surface area contributed by atoms with E-state index in [1.807, 2.05) is 6.07 Å². The van der Waals surface area contributed by atoms with E-state index in [-0.39, 0.29) is 37.9 Å². The molecule has 0 N–H and O–H groups in total. The fraction of sp³-hybridized carbons (Fsp3) is 0.444. The molecule has 0 spiro atoms. The quantitative estimate of drug-likeness (QED) is 0.514. The van der Waals surface area contributed by atoms with Crippen molar-refractivity contribution < 1.29 is 34.7 Å². The van der Waals surface area contributed by atoms with Gasteiger partial charge in [0.25, 0.3) is 0 Å². The van der Waals surface area contributed by atoms with Gasteiger partial charge in [0.2, 0.25) is 0 Å². The van der Waals surface area contributed by atoms with Crippen molar-refractivity contribution in [3.63, 3.8) is 0 Å². The topological polar surface area (TPSA) is 35.0 Å². The van der Waals surface area contributed by atoms with Crippen LogP contribution in [0, 0.1) is 17.0 Å². The summed E-state index contributed by atoms with van der Waals surface area (Å²) in [4.78, 5) is 0. The van der Waals surface area contributed by atoms with Gasteiger partial charge in [0.15, 0.2) is 0 Å². The molecular weight excluding hydrogens is 425 g/mol. The van der Waals surface area contributed by atoms with Crippen molar-refractivity contribution in [1.29, 1.82) is 0 Å². The zero-order valence-corrected chi connectivity index (χ0v) is 15.9. The average Bonchev–Trinajstić information content (AvgIpc) is 2.64. The Hall–Kier alpha value is -1.31. The van der Waals surface area contributed by atoms with Gasteiger partial charge in [-0.1, -0.05) is 0 Å². The Morgan fingerprint density at radius 2 is 1.88 bits per heavy atom. The van der Waals surface area contributed by atoms with Crippen molar-refractivity contribution in [2.24, 2.45) is 5.41 Å². The molecular formula is C18H18F2IN2O-. The van der Waals surface area contributed by atoms with Crippen molar-refractivity contribution in [3.05, 3.63) is 47.2 Å². The molecule has 0 saturated carbocycles. The second-order valence-corrected chi connectivity index (χ2v) is 9.95. The van der Waals surface area contributed by atoms with Crippen LogP contribution in [0.5, 0.6) is 11.6 Å². The second-order valence-electron chi connectivity index (χ2n) is 7.22. The summed E-state index contributed by atoms with van der Waals surface area (Å²) in [6.07, 6.45) is 0. The Balaban J connectivity index is 1.76. The van der Waals surface area contributed by atoms with Gasteiger partial charge in [-0.15, -0.1) is 0 Å². The fourth-order valence-corrected chi connectivity index (χ4v) is 8.69. The SMILES string of the molecule is CC1(C)[C@H]2C[I-]C[C@]1(C)c1nnc(Oc3c(F)cccc3F)cc12. The Morgan fingerprint density at radius 1 is 1.17 bits per heavy atom. The molecule has 1 saturated heterocycles. The molecule has 0 amide bonds. The molecule has 2 aromatic rings. The Kier molecular flexibility index (Phi) is 3.60. The molecule has 0 unspecified atom stereocenters. The molecule has 3 nitrogen and oxygen atoms in total. The van der Waals surface area contributed by atoms with Gasteiger partial charge >= 0.3 is 150 Å². The number of nitrogens with zero attached hydrogens (tertiary/aromatic N) is 2. The molecule has 2 aliphatic rings. The zero-order valence-electron chi connectivity index (χ0n) is 13.7. The van der Waals surface area contributed by atoms with Gasteiger partial charge in [-0.05, 0) is 0 Å². The maximum atomic E-state index is 13.8. The van der Waals surface area contributed by atoms with Crippen LogP contribution in [0.4, 0.5) is 8.78 Å². The third kappa shape index (κ3) is 2.11. The summed E-state index contributed by atoms with van der Waals surface area (Å²) in [5.41, 5.74) is 2.33. The van der Waals surface area contributed by atoms with Crippen LogP contribution in [-0.4, -0.2) is 19.1 Å². The summed E-state index contributed by atoms with van der Waals surface area (Å²) in [5, 5.41) is 8.53. The first kappa shape index (κ1) is 16.2. The van der Waals surface area contributed by atoms with E-state index in [9.17, 15) is 8.78 Å². The van der Waals surface area contributed by atoms with Gasteiger partial charge in [0.05, 0.1) is 0 Å². The Bertz CT molecular complexity index is 806. The predicted molar refractivity (Wildman–Crippen MR) is 82.1 cm³/mol. The summed E-state index contributed by atoms with van der Waals surface area (Å²) in [6, 6.07) is 5.48. The van der Waals surface area contributed by atoms with Gasteiger partial charge in [-0.25, -0.2) is 0 Å². The first-order chi connectivity index (χ1) is 11.3. The van der Waals surface area contributed by atoms with E-state index in [1.54, 1.807) is 0 Å². The first-order valence-electron chi connectivity index (χ1n) is 7.88. The Labute approximate surface area is 150 Å². The van der Waals surface area contributed by atoms with E-state index in [2.05, 4.69) is 31.0 Å². The average molecular weight is 443 g/mol. The van der Waals surface area contributed by atoms with Crippen molar-refractivity contribution in [3.8, 4) is 11.6 Å². The molecule has 1 aliphatic heterocycles. The van der Waals surface area contributed by atoms with E-state index in [1.165, 1.54) is 27.1 Å². The number of ether oxygens (including phenoxy) is 1. The normalized spacial score (nSPS) is 27.3. The van der Waals surface area contributed by atoms with Crippen LogP contribution < -0.4 is 25.9 Å². The molecule has 1 aromatic carbocycles. The van der Waals surface area contributed by atoms with Crippen LogP contribution in [-0.2, 0) is 5.41 Å². The number of hydrogen-bond donors (Lipinski definition) is 0. The molecule has 1 aromatic heterocycles. The number of halogens is 3. The molecule has 4 rings (SSSR count). The number of rotatable bonds is 2. The van der Waals surface area contributed by atoms with Gasteiger partial charge < -0.3 is 0 Å². The van der Waals surface area contributed by atoms with E-state index < -0.39 is 17.4 Å². The van der Waals surface area contributed by atoms with Crippen LogP contribution >= 0.6 is 0 Å². The van der Waals surface area contributed by atoms with Gasteiger partial charge in [0, 0.05) is 0 Å². The van der Waals surface area contributed by atoms with E-state index in [0.29, 0.717) is 5.92 Å². The number of hydrogen-bond acceptors (Lipinski definition) is 3. The van der Waals surface area contributed by atoms with Crippen LogP contribution in [0.2, 0.25) is 0 Å². The molecule has 2 heterocycles. The summed E-state index contributed by atoms with van der Waals surface area (Å²) < 4.78 is 35.4. The molecule has 128 valence electrons. The van der Waals surface area contributed by atoms with E-state index in [4.69, 9.17) is 4.74 Å². The third-order valence-corrected chi connectivity index (χ3v) is 9.31. The van der Waals surface area contributed by atoms with Crippen molar-refractivity contribution >= 4 is 0 Å². The van der Waals surface area contributed by atoms with E-state index in [0.717, 1.165) is 11.3 Å². The number of alkyl halides is 2. The van der Waals surface area contributed by atoms with Gasteiger partial charge in [-0.2, -0.15) is 0 Å². The number of para-hydroxylation sites is 1. The van der Waals surface area contributed by atoms with Crippen molar-refractivity contribution in [2.45, 2.75) is 32.1 Å². The molecule has 1 aliphatic carbocycles. The zero-order chi connectivity index (χ0) is 17.1. The van der Waals surface area contributed by atoms with Crippen molar-refractivity contribution in [1.82, 2.24) is 10.2 Å². The fourth-order valence-electron chi connectivity index (χ4n) is 3.76. The molecule has 2 atom stereocenters. The molecule has 24 heavy (non-hydrogen) atoms. The van der Waals surface area contributed by atoms with E-state index >= 15 is 0 Å². The summed E-state index contributed by atoms with van der Waals surface area (Å²) >= 11 is 0.141. The second kappa shape index (κ2) is 5.34. The Morgan fingerprint density at radius 3 is 2.58 bits per heavy atom. The standard InChI is InChI=1S/C18H18F2IN2O/c1-17(2)11-8-21-9-18(17,3)16-10(11)7-14(22-23-16)24-15-12(19)5-4-6-13(15)20/h4-7,11H,8-9H2,1-3H3/q-1/t11-,18+/m0/s1. The minimum absolute atomic E-state index is 0.0350. The third-order valence-electron chi connectivity index (χ3n) is 5.74. The summed E-state index contributed by atoms with van der Waals surface area (Å²) in [7, 11) is 0. The summed E-state index contributed by atoms with van der Waals surface area (Å²) in [5.74, 6) is -1.33. The summed E-state index contributed by atoms with van der Waals surface area (Å²) in [6.45, 7) is 6.86. The molecule has 6 heteroatoms. The monoisotopic (exact) mass is 443 g/mol. The first-order valence-corrected chi connectivity index (χ1v) is 10.9. The minimum atomic E-state index is -0.741. The van der Waals surface area contributed by atoms with Crippen LogP contribution in [0.1, 0.15) is 37.9 Å². The molecule has 1 fully saturated rings. The molecule has 2 bridgehead atoms. The van der Waals surface area contributed by atoms with Gasteiger partial charge in [0.1, 0.15) is 0 Å². The number of aromatic nitrogens is 2. The number of benzene rings is 1. The molecule has 0 radical (unpaired) electrons. The maximum absolute atomic E-state index is 13.8. The van der Waals surface area contributed by atoms with Crippen molar-refractivity contribution in [2.75, 3.05) is 8.86 Å². The van der Waals surface area contributed by atoms with Crippen LogP contribution in [0.3, 0.4) is 0 Å².